The normalized spacial score (nSPS) is 11.8. The Bertz CT molecular complexity index is 1000. The summed E-state index contributed by atoms with van der Waals surface area (Å²) in [6.07, 6.45) is 3.63. The molecule has 0 saturated heterocycles. The molecule has 0 aliphatic heterocycles. The van der Waals surface area contributed by atoms with Gasteiger partial charge in [0, 0.05) is 18.3 Å². The first-order chi connectivity index (χ1) is 11.4. The number of benzene rings is 1. The van der Waals surface area contributed by atoms with Crippen LogP contribution in [0.5, 0.6) is 0 Å². The lowest BCUT2D eigenvalue weighted by molar-refractivity contribution is 0.278. The van der Waals surface area contributed by atoms with Crippen LogP contribution in [-0.2, 0) is 16.6 Å². The first kappa shape index (κ1) is 16.3. The molecule has 24 heavy (non-hydrogen) atoms. The fourth-order valence-electron chi connectivity index (χ4n) is 2.49. The summed E-state index contributed by atoms with van der Waals surface area (Å²) >= 11 is 0. The van der Waals surface area contributed by atoms with Gasteiger partial charge in [-0.15, -0.1) is 0 Å². The Hall–Kier alpha value is -2.52. The fraction of sp³-hybridized carbons (Fsp3) is 0.200. The average Bonchev–Trinajstić information content (AvgIpc) is 2.84. The monoisotopic (exact) mass is 350 g/mol. The molecule has 0 aliphatic carbocycles. The largest absolute Gasteiger partial charge is 0.395 e. The van der Waals surface area contributed by atoms with Crippen LogP contribution in [0.2, 0.25) is 0 Å². The van der Waals surface area contributed by atoms with Crippen LogP contribution in [0.15, 0.2) is 36.7 Å². The molecule has 0 fully saturated rings. The number of nitrogens with zero attached hydrogens (tertiary/aromatic N) is 3. The summed E-state index contributed by atoms with van der Waals surface area (Å²) in [5.41, 5.74) is 2.07. The number of halogens is 1. The maximum Gasteiger partial charge on any atom is 0.229 e. The Labute approximate surface area is 137 Å². The van der Waals surface area contributed by atoms with Gasteiger partial charge >= 0.3 is 0 Å². The Balaban J connectivity index is 2.16. The molecule has 0 atom stereocenters. The third-order valence-corrected chi connectivity index (χ3v) is 3.94. The molecule has 3 aromatic rings. The summed E-state index contributed by atoms with van der Waals surface area (Å²) < 4.78 is 40.3. The number of imidazole rings is 1. The number of pyridine rings is 1. The topological polar surface area (TPSA) is 97.1 Å². The van der Waals surface area contributed by atoms with E-state index in [-0.39, 0.29) is 13.2 Å². The van der Waals surface area contributed by atoms with E-state index < -0.39 is 15.8 Å². The van der Waals surface area contributed by atoms with E-state index in [0.717, 1.165) is 12.5 Å². The van der Waals surface area contributed by atoms with Gasteiger partial charge in [-0.25, -0.2) is 17.8 Å². The zero-order valence-electron chi connectivity index (χ0n) is 12.8. The standard InChI is InChI=1S/C15H15FN4O3S/c1-24(22,23)19-12-2-3-14-13(7-12)18-15(20(14)4-5-21)10-6-11(16)9-17-8-10/h2-3,6-9,19,21H,4-5H2,1H3. The maximum atomic E-state index is 13.5. The molecule has 0 saturated carbocycles. The number of nitrogens with one attached hydrogen (secondary N) is 1. The molecule has 126 valence electrons. The lowest BCUT2D eigenvalue weighted by Gasteiger charge is -2.07. The van der Waals surface area contributed by atoms with E-state index in [1.54, 1.807) is 22.8 Å². The number of aromatic nitrogens is 3. The summed E-state index contributed by atoms with van der Waals surface area (Å²) in [6.45, 7) is 0.145. The van der Waals surface area contributed by atoms with E-state index in [0.29, 0.717) is 28.1 Å². The molecule has 7 nitrogen and oxygen atoms in total. The number of hydrogen-bond donors (Lipinski definition) is 2. The molecule has 2 N–H and O–H groups in total. The summed E-state index contributed by atoms with van der Waals surface area (Å²) in [6, 6.07) is 6.19. The van der Waals surface area contributed by atoms with Crippen LogP contribution in [-0.4, -0.2) is 40.9 Å². The van der Waals surface area contributed by atoms with Crippen molar-refractivity contribution < 1.29 is 17.9 Å². The van der Waals surface area contributed by atoms with Crippen molar-refractivity contribution in [2.45, 2.75) is 6.54 Å². The van der Waals surface area contributed by atoms with Gasteiger partial charge in [0.15, 0.2) is 0 Å². The number of hydrogen-bond acceptors (Lipinski definition) is 5. The third-order valence-electron chi connectivity index (χ3n) is 3.34. The van der Waals surface area contributed by atoms with Gasteiger partial charge in [0.25, 0.3) is 0 Å². The van der Waals surface area contributed by atoms with Crippen molar-refractivity contribution >= 4 is 26.7 Å². The highest BCUT2D eigenvalue weighted by Gasteiger charge is 2.14. The van der Waals surface area contributed by atoms with Crippen LogP contribution in [0.1, 0.15) is 0 Å². The van der Waals surface area contributed by atoms with E-state index in [1.807, 2.05) is 0 Å². The number of aliphatic hydroxyl groups is 1. The summed E-state index contributed by atoms with van der Waals surface area (Å²) in [5, 5.41) is 9.30. The summed E-state index contributed by atoms with van der Waals surface area (Å²) in [5.74, 6) is -0.0444. The minimum Gasteiger partial charge on any atom is -0.395 e. The van der Waals surface area contributed by atoms with Crippen molar-refractivity contribution in [3.05, 3.63) is 42.5 Å². The molecular formula is C15H15FN4O3S. The van der Waals surface area contributed by atoms with Gasteiger partial charge in [0.1, 0.15) is 11.6 Å². The van der Waals surface area contributed by atoms with E-state index in [4.69, 9.17) is 0 Å². The van der Waals surface area contributed by atoms with Crippen LogP contribution in [0.25, 0.3) is 22.4 Å². The fourth-order valence-corrected chi connectivity index (χ4v) is 3.04. The van der Waals surface area contributed by atoms with Crippen molar-refractivity contribution in [3.8, 4) is 11.4 Å². The molecule has 0 spiro atoms. The molecule has 0 unspecified atom stereocenters. The number of aliphatic hydroxyl groups excluding tert-OH is 1. The molecule has 0 aliphatic rings. The zero-order valence-corrected chi connectivity index (χ0v) is 13.6. The minimum absolute atomic E-state index is 0.120. The third kappa shape index (κ3) is 3.36. The summed E-state index contributed by atoms with van der Waals surface area (Å²) in [7, 11) is -3.40. The quantitative estimate of drug-likeness (QED) is 0.728. The van der Waals surface area contributed by atoms with Crippen LogP contribution >= 0.6 is 0 Å². The van der Waals surface area contributed by atoms with Gasteiger partial charge in [-0.1, -0.05) is 0 Å². The second kappa shape index (κ2) is 6.17. The predicted molar refractivity (Wildman–Crippen MR) is 88.5 cm³/mol. The van der Waals surface area contributed by atoms with Crippen LogP contribution in [0.4, 0.5) is 10.1 Å². The summed E-state index contributed by atoms with van der Waals surface area (Å²) in [4.78, 5) is 8.26. The van der Waals surface area contributed by atoms with Gasteiger partial charge in [0.05, 0.1) is 35.8 Å². The number of sulfonamides is 1. The average molecular weight is 350 g/mol. The first-order valence-electron chi connectivity index (χ1n) is 7.07. The van der Waals surface area contributed by atoms with Gasteiger partial charge in [-0.3, -0.25) is 9.71 Å². The Morgan fingerprint density at radius 1 is 1.29 bits per heavy atom. The van der Waals surface area contributed by atoms with Crippen LogP contribution < -0.4 is 4.72 Å². The van der Waals surface area contributed by atoms with Crippen molar-refractivity contribution in [2.24, 2.45) is 0 Å². The second-order valence-electron chi connectivity index (χ2n) is 5.28. The zero-order chi connectivity index (χ0) is 17.3. The van der Waals surface area contributed by atoms with E-state index in [1.165, 1.54) is 12.3 Å². The van der Waals surface area contributed by atoms with Crippen LogP contribution in [0.3, 0.4) is 0 Å². The predicted octanol–water partition coefficient (Wildman–Crippen LogP) is 1.60. The van der Waals surface area contributed by atoms with Gasteiger partial charge in [-0.2, -0.15) is 0 Å². The minimum atomic E-state index is -3.40. The van der Waals surface area contributed by atoms with Crippen molar-refractivity contribution in [1.82, 2.24) is 14.5 Å². The van der Waals surface area contributed by atoms with E-state index in [9.17, 15) is 17.9 Å². The highest BCUT2D eigenvalue weighted by molar-refractivity contribution is 7.92. The SMILES string of the molecule is CS(=O)(=O)Nc1ccc2c(c1)nc(-c1cncc(F)c1)n2CCO. The Morgan fingerprint density at radius 3 is 2.75 bits per heavy atom. The lowest BCUT2D eigenvalue weighted by Crippen LogP contribution is -2.09. The molecule has 9 heteroatoms. The lowest BCUT2D eigenvalue weighted by atomic mass is 10.2. The molecule has 0 bridgehead atoms. The second-order valence-corrected chi connectivity index (χ2v) is 7.03. The van der Waals surface area contributed by atoms with E-state index >= 15 is 0 Å². The molecule has 0 amide bonds. The van der Waals surface area contributed by atoms with Gasteiger partial charge in [0.2, 0.25) is 10.0 Å². The number of fused-ring (bicyclic) bond motifs is 1. The highest BCUT2D eigenvalue weighted by Crippen LogP contribution is 2.27. The molecule has 1 aromatic carbocycles. The Morgan fingerprint density at radius 2 is 2.08 bits per heavy atom. The highest BCUT2D eigenvalue weighted by atomic mass is 32.2. The van der Waals surface area contributed by atoms with Gasteiger partial charge < -0.3 is 9.67 Å². The van der Waals surface area contributed by atoms with Crippen LogP contribution in [0, 0.1) is 5.82 Å². The maximum absolute atomic E-state index is 13.5. The van der Waals surface area contributed by atoms with Crippen molar-refractivity contribution in [3.63, 3.8) is 0 Å². The molecule has 0 radical (unpaired) electrons. The Kier molecular flexibility index (Phi) is 4.20. The number of rotatable bonds is 5. The van der Waals surface area contributed by atoms with E-state index in [2.05, 4.69) is 14.7 Å². The number of anilines is 1. The smallest absolute Gasteiger partial charge is 0.229 e. The molecule has 3 rings (SSSR count). The molecule has 2 aromatic heterocycles. The van der Waals surface area contributed by atoms with Gasteiger partial charge in [-0.05, 0) is 24.3 Å². The first-order valence-corrected chi connectivity index (χ1v) is 8.96. The van der Waals surface area contributed by atoms with Crippen molar-refractivity contribution in [1.29, 1.82) is 0 Å². The molecule has 2 heterocycles. The molecular weight excluding hydrogens is 335 g/mol. The van der Waals surface area contributed by atoms with Crippen molar-refractivity contribution in [2.75, 3.05) is 17.6 Å².